The molecule has 0 unspecified atom stereocenters. The van der Waals surface area contributed by atoms with E-state index >= 15 is 0 Å². The monoisotopic (exact) mass is 317 g/mol. The van der Waals surface area contributed by atoms with Gasteiger partial charge in [-0.2, -0.15) is 4.98 Å². The van der Waals surface area contributed by atoms with Gasteiger partial charge in [0.05, 0.1) is 12.0 Å². The molecular weight excluding hydrogens is 302 g/mol. The van der Waals surface area contributed by atoms with Crippen LogP contribution in [0, 0.1) is 17.0 Å². The highest BCUT2D eigenvalue weighted by atomic mass is 16.6. The zero-order chi connectivity index (χ0) is 17.0. The van der Waals surface area contributed by atoms with Crippen LogP contribution in [0.5, 0.6) is 11.6 Å². The van der Waals surface area contributed by atoms with Gasteiger partial charge in [-0.05, 0) is 19.4 Å². The number of aromatic nitrogens is 2. The van der Waals surface area contributed by atoms with Gasteiger partial charge >= 0.3 is 5.97 Å². The fourth-order valence-electron chi connectivity index (χ4n) is 1.96. The maximum Gasteiger partial charge on any atom is 0.345 e. The van der Waals surface area contributed by atoms with Crippen LogP contribution in [-0.4, -0.2) is 28.0 Å². The van der Waals surface area contributed by atoms with Crippen molar-refractivity contribution in [3.8, 4) is 11.6 Å². The normalized spacial score (nSPS) is 10.2. The highest BCUT2D eigenvalue weighted by molar-refractivity contribution is 5.94. The Kier molecular flexibility index (Phi) is 4.85. The lowest BCUT2D eigenvalue weighted by Crippen LogP contribution is -2.06. The van der Waals surface area contributed by atoms with E-state index in [0.717, 1.165) is 12.8 Å². The second-order valence-corrected chi connectivity index (χ2v) is 4.63. The van der Waals surface area contributed by atoms with Crippen LogP contribution in [0.25, 0.3) is 0 Å². The summed E-state index contributed by atoms with van der Waals surface area (Å²) < 4.78 is 10.2. The number of aryl methyl sites for hydroxylation is 2. The van der Waals surface area contributed by atoms with E-state index in [0.29, 0.717) is 18.1 Å². The molecule has 0 fully saturated rings. The molecule has 0 aliphatic carbocycles. The van der Waals surface area contributed by atoms with Crippen molar-refractivity contribution in [2.24, 2.45) is 0 Å². The van der Waals surface area contributed by atoms with Gasteiger partial charge in [-0.3, -0.25) is 10.1 Å². The first-order valence-electron chi connectivity index (χ1n) is 6.83. The molecule has 8 heteroatoms. The number of methoxy groups -OCH3 is 1. The zero-order valence-corrected chi connectivity index (χ0v) is 12.9. The van der Waals surface area contributed by atoms with Crippen molar-refractivity contribution in [2.75, 3.05) is 7.11 Å². The van der Waals surface area contributed by atoms with E-state index < -0.39 is 10.9 Å². The maximum atomic E-state index is 11.7. The molecule has 0 spiro atoms. The summed E-state index contributed by atoms with van der Waals surface area (Å²) in [5, 5.41) is 11.0. The van der Waals surface area contributed by atoms with Crippen molar-refractivity contribution in [1.29, 1.82) is 0 Å². The van der Waals surface area contributed by atoms with E-state index in [-0.39, 0.29) is 17.0 Å². The number of benzene rings is 1. The van der Waals surface area contributed by atoms with Gasteiger partial charge < -0.3 is 9.47 Å². The summed E-state index contributed by atoms with van der Waals surface area (Å²) in [5.41, 5.74) is 0.274. The van der Waals surface area contributed by atoms with Gasteiger partial charge in [0, 0.05) is 23.9 Å². The summed E-state index contributed by atoms with van der Waals surface area (Å²) >= 11 is 0. The first kappa shape index (κ1) is 16.3. The molecular formula is C15H15N3O5. The summed E-state index contributed by atoms with van der Waals surface area (Å²) in [5.74, 6) is 0.292. The fourth-order valence-corrected chi connectivity index (χ4v) is 1.96. The Morgan fingerprint density at radius 2 is 2.04 bits per heavy atom. The molecule has 0 radical (unpaired) electrons. The van der Waals surface area contributed by atoms with Crippen LogP contribution in [0.3, 0.4) is 0 Å². The molecule has 0 bridgehead atoms. The summed E-state index contributed by atoms with van der Waals surface area (Å²) in [7, 11) is 1.15. The molecule has 0 saturated carbocycles. The first-order chi connectivity index (χ1) is 10.9. The molecule has 0 aliphatic rings. The lowest BCUT2D eigenvalue weighted by atomic mass is 10.1. The number of rotatable bonds is 5. The molecule has 2 rings (SSSR count). The van der Waals surface area contributed by atoms with Crippen LogP contribution >= 0.6 is 0 Å². The third-order valence-corrected chi connectivity index (χ3v) is 3.02. The summed E-state index contributed by atoms with van der Waals surface area (Å²) in [6, 6.07) is 5.52. The number of carbonyl (C=O) groups excluding carboxylic acids is 1. The van der Waals surface area contributed by atoms with Gasteiger partial charge in [-0.15, -0.1) is 0 Å². The molecule has 2 aromatic rings. The van der Waals surface area contributed by atoms with Crippen molar-refractivity contribution in [2.45, 2.75) is 20.3 Å². The number of hydrogen-bond acceptors (Lipinski definition) is 7. The Balaban J connectivity index is 2.39. The van der Waals surface area contributed by atoms with Crippen LogP contribution in [0.15, 0.2) is 24.3 Å². The summed E-state index contributed by atoms with van der Waals surface area (Å²) in [6.45, 7) is 3.69. The molecule has 0 atom stereocenters. The Morgan fingerprint density at radius 3 is 2.65 bits per heavy atom. The number of esters is 1. The molecule has 0 amide bonds. The highest BCUT2D eigenvalue weighted by Gasteiger charge is 2.22. The minimum Gasteiger partial charge on any atom is -0.465 e. The molecule has 0 N–H and O–H groups in total. The lowest BCUT2D eigenvalue weighted by Gasteiger charge is -2.08. The van der Waals surface area contributed by atoms with Gasteiger partial charge in [-0.25, -0.2) is 9.78 Å². The molecule has 1 aromatic heterocycles. The highest BCUT2D eigenvalue weighted by Crippen LogP contribution is 2.27. The minimum absolute atomic E-state index is 0.184. The number of nitrogens with zero attached hydrogens (tertiary/aromatic N) is 3. The van der Waals surface area contributed by atoms with E-state index in [1.54, 1.807) is 13.0 Å². The van der Waals surface area contributed by atoms with Crippen LogP contribution in [-0.2, 0) is 11.2 Å². The SMILES string of the molecule is CCc1cc(Oc2ccc([N+](=O)[O-])c(C(=O)OC)c2)nc(C)n1. The average Bonchev–Trinajstić information content (AvgIpc) is 2.53. The quantitative estimate of drug-likeness (QED) is 0.474. The third-order valence-electron chi connectivity index (χ3n) is 3.02. The second kappa shape index (κ2) is 6.82. The van der Waals surface area contributed by atoms with Gasteiger partial charge in [0.2, 0.25) is 5.88 Å². The molecule has 1 heterocycles. The lowest BCUT2D eigenvalue weighted by molar-refractivity contribution is -0.385. The van der Waals surface area contributed by atoms with Crippen LogP contribution < -0.4 is 4.74 Å². The molecule has 0 saturated heterocycles. The molecule has 120 valence electrons. The Labute approximate surface area is 132 Å². The molecule has 0 aliphatic heterocycles. The number of hydrogen-bond donors (Lipinski definition) is 0. The van der Waals surface area contributed by atoms with Crippen molar-refractivity contribution >= 4 is 11.7 Å². The predicted octanol–water partition coefficient (Wildman–Crippen LogP) is 2.83. The van der Waals surface area contributed by atoms with Crippen molar-refractivity contribution in [3.63, 3.8) is 0 Å². The first-order valence-corrected chi connectivity index (χ1v) is 6.83. The molecule has 8 nitrogen and oxygen atoms in total. The van der Waals surface area contributed by atoms with Gasteiger partial charge in [-0.1, -0.05) is 6.92 Å². The molecule has 23 heavy (non-hydrogen) atoms. The second-order valence-electron chi connectivity index (χ2n) is 4.63. The van der Waals surface area contributed by atoms with E-state index in [1.165, 1.54) is 18.2 Å². The Morgan fingerprint density at radius 1 is 1.30 bits per heavy atom. The molecule has 1 aromatic carbocycles. The van der Waals surface area contributed by atoms with Crippen molar-refractivity contribution in [1.82, 2.24) is 9.97 Å². The van der Waals surface area contributed by atoms with Crippen LogP contribution in [0.4, 0.5) is 5.69 Å². The Bertz CT molecular complexity index is 761. The predicted molar refractivity (Wildman–Crippen MR) is 80.7 cm³/mol. The summed E-state index contributed by atoms with van der Waals surface area (Å²) in [6.07, 6.45) is 0.716. The fraction of sp³-hybridized carbons (Fsp3) is 0.267. The third kappa shape index (κ3) is 3.79. The number of nitro groups is 1. The largest absolute Gasteiger partial charge is 0.465 e. The van der Waals surface area contributed by atoms with Gasteiger partial charge in [0.1, 0.15) is 17.1 Å². The van der Waals surface area contributed by atoms with Crippen LogP contribution in [0.1, 0.15) is 28.8 Å². The summed E-state index contributed by atoms with van der Waals surface area (Å²) in [4.78, 5) is 30.4. The van der Waals surface area contributed by atoms with Crippen molar-refractivity contribution < 1.29 is 19.2 Å². The number of ether oxygens (including phenoxy) is 2. The smallest absolute Gasteiger partial charge is 0.345 e. The van der Waals surface area contributed by atoms with E-state index in [1.807, 2.05) is 6.92 Å². The van der Waals surface area contributed by atoms with Crippen LogP contribution in [0.2, 0.25) is 0 Å². The topological polar surface area (TPSA) is 104 Å². The van der Waals surface area contributed by atoms with E-state index in [9.17, 15) is 14.9 Å². The van der Waals surface area contributed by atoms with Crippen molar-refractivity contribution in [3.05, 3.63) is 51.5 Å². The van der Waals surface area contributed by atoms with Gasteiger partial charge in [0.15, 0.2) is 0 Å². The zero-order valence-electron chi connectivity index (χ0n) is 12.9. The maximum absolute atomic E-state index is 11.7. The average molecular weight is 317 g/mol. The number of carbonyl (C=O) groups is 1. The standard InChI is InChI=1S/C15H15N3O5/c1-4-10-7-14(17-9(2)16-10)23-11-5-6-13(18(20)21)12(8-11)15(19)22-3/h5-8H,4H2,1-3H3. The van der Waals surface area contributed by atoms with E-state index in [2.05, 4.69) is 14.7 Å². The Hall–Kier alpha value is -3.03. The van der Waals surface area contributed by atoms with E-state index in [4.69, 9.17) is 4.74 Å². The minimum atomic E-state index is -0.810. The number of nitro benzene ring substituents is 1. The van der Waals surface area contributed by atoms with Gasteiger partial charge in [0.25, 0.3) is 5.69 Å².